The number of halogens is 3. The van der Waals surface area contributed by atoms with E-state index in [9.17, 15) is 21.6 Å². The molecule has 4 nitrogen and oxygen atoms in total. The highest BCUT2D eigenvalue weighted by atomic mass is 32.2. The molecule has 0 saturated heterocycles. The van der Waals surface area contributed by atoms with Crippen LogP contribution in [0.1, 0.15) is 11.1 Å². The Balaban J connectivity index is 2.24. The summed E-state index contributed by atoms with van der Waals surface area (Å²) < 4.78 is 67.0. The second-order valence-electron chi connectivity index (χ2n) is 4.87. The molecular weight excluding hydrogens is 331 g/mol. The lowest BCUT2D eigenvalue weighted by molar-refractivity contribution is -0.274. The van der Waals surface area contributed by atoms with Crippen LogP contribution in [-0.2, 0) is 10.0 Å². The molecule has 0 radical (unpaired) electrons. The average molecular weight is 345 g/mol. The molecule has 0 saturated carbocycles. The summed E-state index contributed by atoms with van der Waals surface area (Å²) >= 11 is 0. The Kier molecular flexibility index (Phi) is 4.56. The number of ether oxygens (including phenoxy) is 1. The predicted octanol–water partition coefficient (Wildman–Crippen LogP) is 4.00. The standard InChI is InChI=1S/C15H14F3NO3S/c1-10-4-3-5-14(11(10)2)19-23(20,21)13-8-6-12(7-9-13)22-15(16,17)18/h3-9,19H,1-2H3. The first-order chi connectivity index (χ1) is 10.6. The third kappa shape index (κ3) is 4.38. The summed E-state index contributed by atoms with van der Waals surface area (Å²) in [4.78, 5) is -0.159. The molecule has 0 heterocycles. The summed E-state index contributed by atoms with van der Waals surface area (Å²) in [5.74, 6) is -0.483. The van der Waals surface area contributed by atoms with E-state index in [-0.39, 0.29) is 4.90 Å². The van der Waals surface area contributed by atoms with Crippen molar-refractivity contribution in [1.82, 2.24) is 0 Å². The fourth-order valence-corrected chi connectivity index (χ4v) is 3.01. The van der Waals surface area contributed by atoms with Gasteiger partial charge in [0.05, 0.1) is 10.6 Å². The van der Waals surface area contributed by atoms with Gasteiger partial charge in [-0.1, -0.05) is 12.1 Å². The first kappa shape index (κ1) is 17.1. The number of benzene rings is 2. The van der Waals surface area contributed by atoms with E-state index < -0.39 is 22.1 Å². The predicted molar refractivity (Wildman–Crippen MR) is 79.8 cm³/mol. The van der Waals surface area contributed by atoms with Crippen molar-refractivity contribution >= 4 is 15.7 Å². The zero-order valence-electron chi connectivity index (χ0n) is 12.3. The van der Waals surface area contributed by atoms with Gasteiger partial charge in [0, 0.05) is 0 Å². The van der Waals surface area contributed by atoms with E-state index in [0.29, 0.717) is 5.69 Å². The van der Waals surface area contributed by atoms with Gasteiger partial charge < -0.3 is 4.74 Å². The molecule has 124 valence electrons. The monoisotopic (exact) mass is 345 g/mol. The smallest absolute Gasteiger partial charge is 0.406 e. The van der Waals surface area contributed by atoms with Crippen LogP contribution in [0.3, 0.4) is 0 Å². The Bertz CT molecular complexity index is 800. The summed E-state index contributed by atoms with van der Waals surface area (Å²) in [5, 5.41) is 0. The maximum absolute atomic E-state index is 12.3. The maximum Gasteiger partial charge on any atom is 0.573 e. The van der Waals surface area contributed by atoms with Crippen molar-refractivity contribution in [3.63, 3.8) is 0 Å². The summed E-state index contributed by atoms with van der Waals surface area (Å²) in [6, 6.07) is 9.16. The molecule has 0 unspecified atom stereocenters. The molecule has 0 atom stereocenters. The normalized spacial score (nSPS) is 12.0. The van der Waals surface area contributed by atoms with E-state index in [1.165, 1.54) is 0 Å². The first-order valence-electron chi connectivity index (χ1n) is 6.53. The Morgan fingerprint density at radius 1 is 1.00 bits per heavy atom. The summed E-state index contributed by atoms with van der Waals surface area (Å²) in [7, 11) is -3.90. The molecule has 0 aliphatic carbocycles. The second-order valence-corrected chi connectivity index (χ2v) is 6.55. The van der Waals surface area contributed by atoms with Crippen LogP contribution >= 0.6 is 0 Å². The molecule has 2 aromatic carbocycles. The van der Waals surface area contributed by atoms with E-state index in [2.05, 4.69) is 9.46 Å². The summed E-state index contributed by atoms with van der Waals surface area (Å²) in [5.41, 5.74) is 2.10. The van der Waals surface area contributed by atoms with Gasteiger partial charge in [0.1, 0.15) is 5.75 Å². The average Bonchev–Trinajstić information content (AvgIpc) is 2.42. The van der Waals surface area contributed by atoms with E-state index >= 15 is 0 Å². The fraction of sp³-hybridized carbons (Fsp3) is 0.200. The maximum atomic E-state index is 12.3. The number of sulfonamides is 1. The number of hydrogen-bond acceptors (Lipinski definition) is 3. The molecule has 2 rings (SSSR count). The Labute approximate surface area is 132 Å². The minimum Gasteiger partial charge on any atom is -0.406 e. The van der Waals surface area contributed by atoms with E-state index in [0.717, 1.165) is 35.4 Å². The topological polar surface area (TPSA) is 55.4 Å². The lowest BCUT2D eigenvalue weighted by atomic mass is 10.1. The number of alkyl halides is 3. The van der Waals surface area contributed by atoms with E-state index in [1.807, 2.05) is 13.0 Å². The highest BCUT2D eigenvalue weighted by Crippen LogP contribution is 2.26. The lowest BCUT2D eigenvalue weighted by Gasteiger charge is -2.13. The molecular formula is C15H14F3NO3S. The molecule has 0 amide bonds. The zero-order chi connectivity index (χ0) is 17.3. The van der Waals surface area contributed by atoms with Crippen molar-refractivity contribution in [2.45, 2.75) is 25.1 Å². The molecule has 1 N–H and O–H groups in total. The third-order valence-electron chi connectivity index (χ3n) is 3.22. The number of anilines is 1. The van der Waals surface area contributed by atoms with Gasteiger partial charge >= 0.3 is 6.36 Å². The van der Waals surface area contributed by atoms with Crippen LogP contribution < -0.4 is 9.46 Å². The van der Waals surface area contributed by atoms with E-state index in [4.69, 9.17) is 0 Å². The Morgan fingerprint density at radius 2 is 1.61 bits per heavy atom. The number of hydrogen-bond donors (Lipinski definition) is 1. The van der Waals surface area contributed by atoms with Gasteiger partial charge in [-0.15, -0.1) is 13.2 Å². The molecule has 0 aromatic heterocycles. The van der Waals surface area contributed by atoms with Crippen LogP contribution in [0.25, 0.3) is 0 Å². The van der Waals surface area contributed by atoms with Crippen molar-refractivity contribution < 1.29 is 26.3 Å². The van der Waals surface area contributed by atoms with Crippen molar-refractivity contribution in [2.24, 2.45) is 0 Å². The van der Waals surface area contributed by atoms with Crippen LogP contribution in [0.15, 0.2) is 47.4 Å². The molecule has 0 aliphatic heterocycles. The second kappa shape index (κ2) is 6.11. The first-order valence-corrected chi connectivity index (χ1v) is 8.02. The van der Waals surface area contributed by atoms with Crippen LogP contribution in [0, 0.1) is 13.8 Å². The van der Waals surface area contributed by atoms with Crippen molar-refractivity contribution in [3.8, 4) is 5.75 Å². The molecule has 0 spiro atoms. The van der Waals surface area contributed by atoms with Crippen LogP contribution in [0.5, 0.6) is 5.75 Å². The minimum atomic E-state index is -4.82. The molecule has 2 aromatic rings. The SMILES string of the molecule is Cc1cccc(NS(=O)(=O)c2ccc(OC(F)(F)F)cc2)c1C. The Morgan fingerprint density at radius 3 is 2.17 bits per heavy atom. The molecule has 23 heavy (non-hydrogen) atoms. The molecule has 0 aliphatic rings. The van der Waals surface area contributed by atoms with Gasteiger partial charge in [-0.05, 0) is 55.3 Å². The molecule has 8 heteroatoms. The van der Waals surface area contributed by atoms with Gasteiger partial charge in [-0.2, -0.15) is 0 Å². The lowest BCUT2D eigenvalue weighted by Crippen LogP contribution is -2.17. The Hall–Kier alpha value is -2.22. The highest BCUT2D eigenvalue weighted by molar-refractivity contribution is 7.92. The minimum absolute atomic E-state index is 0.159. The largest absolute Gasteiger partial charge is 0.573 e. The zero-order valence-corrected chi connectivity index (χ0v) is 13.1. The van der Waals surface area contributed by atoms with Crippen molar-refractivity contribution in [1.29, 1.82) is 0 Å². The summed E-state index contributed by atoms with van der Waals surface area (Å²) in [6.07, 6.45) is -4.82. The number of nitrogens with one attached hydrogen (secondary N) is 1. The van der Waals surface area contributed by atoms with Gasteiger partial charge in [0.15, 0.2) is 0 Å². The highest BCUT2D eigenvalue weighted by Gasteiger charge is 2.31. The van der Waals surface area contributed by atoms with Gasteiger partial charge in [-0.25, -0.2) is 8.42 Å². The number of rotatable bonds is 4. The van der Waals surface area contributed by atoms with Crippen LogP contribution in [-0.4, -0.2) is 14.8 Å². The van der Waals surface area contributed by atoms with Crippen LogP contribution in [0.4, 0.5) is 18.9 Å². The fourth-order valence-electron chi connectivity index (χ4n) is 1.89. The number of aryl methyl sites for hydroxylation is 1. The molecule has 0 bridgehead atoms. The van der Waals surface area contributed by atoms with Crippen molar-refractivity contribution in [3.05, 3.63) is 53.6 Å². The van der Waals surface area contributed by atoms with Gasteiger partial charge in [0.25, 0.3) is 10.0 Å². The third-order valence-corrected chi connectivity index (χ3v) is 4.60. The van der Waals surface area contributed by atoms with Gasteiger partial charge in [0.2, 0.25) is 0 Å². The van der Waals surface area contributed by atoms with Crippen molar-refractivity contribution in [2.75, 3.05) is 4.72 Å². The van der Waals surface area contributed by atoms with Gasteiger partial charge in [-0.3, -0.25) is 4.72 Å². The van der Waals surface area contributed by atoms with Crippen LogP contribution in [0.2, 0.25) is 0 Å². The molecule has 0 fully saturated rings. The summed E-state index contributed by atoms with van der Waals surface area (Å²) in [6.45, 7) is 3.61. The quantitative estimate of drug-likeness (QED) is 0.911. The van der Waals surface area contributed by atoms with E-state index in [1.54, 1.807) is 19.1 Å².